The van der Waals surface area contributed by atoms with Crippen LogP contribution >= 0.6 is 0 Å². The number of aromatic nitrogens is 2. The Morgan fingerprint density at radius 1 is 1.12 bits per heavy atom. The van der Waals surface area contributed by atoms with Crippen LogP contribution in [-0.4, -0.2) is 23.9 Å². The van der Waals surface area contributed by atoms with Crippen LogP contribution in [0.25, 0.3) is 0 Å². The normalized spacial score (nSPS) is 20.8. The maximum Gasteiger partial charge on any atom is 0.241 e. The number of benzene rings is 3. The smallest absolute Gasteiger partial charge is 0.241 e. The summed E-state index contributed by atoms with van der Waals surface area (Å²) in [6, 6.07) is 18.8. The first-order valence-corrected chi connectivity index (χ1v) is 16.2. The molecule has 0 saturated heterocycles. The van der Waals surface area contributed by atoms with E-state index >= 15 is 0 Å². The van der Waals surface area contributed by atoms with Gasteiger partial charge in [0.2, 0.25) is 15.9 Å². The van der Waals surface area contributed by atoms with Crippen molar-refractivity contribution in [3.8, 4) is 0 Å². The molecule has 0 radical (unpaired) electrons. The van der Waals surface area contributed by atoms with Gasteiger partial charge in [0.15, 0.2) is 0 Å². The highest BCUT2D eigenvalue weighted by Crippen LogP contribution is 2.50. The lowest BCUT2D eigenvalue weighted by atomic mass is 9.71. The molecule has 2 aliphatic rings. The van der Waals surface area contributed by atoms with E-state index in [1.54, 1.807) is 41.4 Å². The van der Waals surface area contributed by atoms with Gasteiger partial charge in [-0.3, -0.25) is 4.79 Å². The Morgan fingerprint density at radius 3 is 2.58 bits per heavy atom. The lowest BCUT2D eigenvalue weighted by molar-refractivity contribution is -0.120. The monoisotopic (exact) mass is 600 g/mol. The van der Waals surface area contributed by atoms with E-state index in [-0.39, 0.29) is 40.4 Å². The Labute approximate surface area is 252 Å². The number of halogens is 1. The average Bonchev–Trinajstić information content (AvgIpc) is 3.67. The Kier molecular flexibility index (Phi) is 7.50. The summed E-state index contributed by atoms with van der Waals surface area (Å²) < 4.78 is 45.4. The summed E-state index contributed by atoms with van der Waals surface area (Å²) in [4.78, 5) is 20.6. The van der Waals surface area contributed by atoms with Crippen LogP contribution < -0.4 is 9.62 Å². The first kappa shape index (κ1) is 29.3. The van der Waals surface area contributed by atoms with Gasteiger partial charge in [-0.1, -0.05) is 44.2 Å². The first-order valence-electron chi connectivity index (χ1n) is 14.7. The quantitative estimate of drug-likeness (QED) is 0.258. The van der Waals surface area contributed by atoms with Crippen LogP contribution in [0.4, 0.5) is 10.1 Å². The molecule has 0 aliphatic heterocycles. The molecule has 3 aromatic carbocycles. The SMILES string of the molecule is Cc1cccc(S(=O)(=O)N[C@H]2CCC(C)(C)c3ccc(N(Cc4nccn4C)C(=O)[C@H]4C[C@H]4c4ccc(F)cc4)cc32)c1. The summed E-state index contributed by atoms with van der Waals surface area (Å²) in [6.07, 6.45) is 5.71. The minimum Gasteiger partial charge on any atom is -0.337 e. The number of carbonyl (C=O) groups is 1. The van der Waals surface area contributed by atoms with Crippen LogP contribution in [0.5, 0.6) is 0 Å². The second-order valence-electron chi connectivity index (χ2n) is 12.6. The lowest BCUT2D eigenvalue weighted by Gasteiger charge is -2.38. The van der Waals surface area contributed by atoms with Crippen LogP contribution in [-0.2, 0) is 33.8 Å². The van der Waals surface area contributed by atoms with E-state index in [2.05, 4.69) is 23.6 Å². The van der Waals surface area contributed by atoms with E-state index in [4.69, 9.17) is 0 Å². The molecular formula is C34H37FN4O3S. The molecule has 1 fully saturated rings. The molecule has 6 rings (SSSR count). The van der Waals surface area contributed by atoms with Gasteiger partial charge in [0.25, 0.3) is 0 Å². The number of sulfonamides is 1. The molecule has 0 spiro atoms. The van der Waals surface area contributed by atoms with Crippen LogP contribution in [0.2, 0.25) is 0 Å². The van der Waals surface area contributed by atoms with Crippen molar-refractivity contribution in [3.05, 3.63) is 113 Å². The van der Waals surface area contributed by atoms with E-state index in [1.807, 2.05) is 49.0 Å². The van der Waals surface area contributed by atoms with E-state index in [0.717, 1.165) is 34.5 Å². The number of rotatable bonds is 8. The summed E-state index contributed by atoms with van der Waals surface area (Å²) in [6.45, 7) is 6.49. The maximum atomic E-state index is 14.1. The van der Waals surface area contributed by atoms with E-state index in [0.29, 0.717) is 18.5 Å². The molecule has 3 atom stereocenters. The number of imidazole rings is 1. The van der Waals surface area contributed by atoms with Crippen molar-refractivity contribution >= 4 is 21.6 Å². The first-order chi connectivity index (χ1) is 20.4. The second-order valence-corrected chi connectivity index (χ2v) is 14.3. The Hall–Kier alpha value is -3.82. The molecule has 0 bridgehead atoms. The predicted molar refractivity (Wildman–Crippen MR) is 165 cm³/mol. The molecule has 1 aromatic heterocycles. The zero-order chi connectivity index (χ0) is 30.5. The fraction of sp³-hybridized carbons (Fsp3) is 0.353. The maximum absolute atomic E-state index is 14.1. The van der Waals surface area contributed by atoms with Crippen molar-refractivity contribution < 1.29 is 17.6 Å². The van der Waals surface area contributed by atoms with Crippen molar-refractivity contribution in [2.75, 3.05) is 4.90 Å². The standard InChI is InChI=1S/C34H37FN4O3S/c1-22-6-5-7-26(18-22)43(41,42)37-31-14-15-34(2,3)30-13-12-25(19-29(30)31)39(21-32-36-16-17-38(32)4)33(40)28-20-27(28)23-8-10-24(35)11-9-23/h5-13,16-19,27-28,31,37H,14-15,20-21H2,1-4H3/t27-,28-,31-/m0/s1. The lowest BCUT2D eigenvalue weighted by Crippen LogP contribution is -2.37. The Balaban J connectivity index is 1.36. The van der Waals surface area contributed by atoms with Gasteiger partial charge in [0.05, 0.1) is 11.4 Å². The van der Waals surface area contributed by atoms with Crippen LogP contribution in [0.1, 0.15) is 73.1 Å². The third-order valence-electron chi connectivity index (χ3n) is 9.00. The van der Waals surface area contributed by atoms with E-state index < -0.39 is 16.1 Å². The van der Waals surface area contributed by atoms with E-state index in [9.17, 15) is 17.6 Å². The number of nitrogens with zero attached hydrogens (tertiary/aromatic N) is 3. The van der Waals surface area contributed by atoms with Gasteiger partial charge in [-0.15, -0.1) is 0 Å². The largest absolute Gasteiger partial charge is 0.337 e. The molecule has 1 amide bonds. The number of aryl methyl sites for hydroxylation is 2. The average molecular weight is 601 g/mol. The van der Waals surface area contributed by atoms with Crippen molar-refractivity contribution in [3.63, 3.8) is 0 Å². The number of anilines is 1. The third kappa shape index (κ3) is 5.88. The molecule has 43 heavy (non-hydrogen) atoms. The highest BCUT2D eigenvalue weighted by atomic mass is 32.2. The minimum atomic E-state index is -3.77. The minimum absolute atomic E-state index is 0.0239. The molecule has 9 heteroatoms. The molecule has 7 nitrogen and oxygen atoms in total. The van der Waals surface area contributed by atoms with Crippen molar-refractivity contribution in [1.29, 1.82) is 0 Å². The van der Waals surface area contributed by atoms with Gasteiger partial charge in [0.1, 0.15) is 11.6 Å². The van der Waals surface area contributed by atoms with Crippen molar-refractivity contribution in [2.24, 2.45) is 13.0 Å². The fourth-order valence-corrected chi connectivity index (χ4v) is 7.67. The number of fused-ring (bicyclic) bond motifs is 1. The highest BCUT2D eigenvalue weighted by molar-refractivity contribution is 7.89. The van der Waals surface area contributed by atoms with Gasteiger partial charge in [-0.2, -0.15) is 0 Å². The van der Waals surface area contributed by atoms with Gasteiger partial charge in [-0.05, 0) is 96.2 Å². The fourth-order valence-electron chi connectivity index (χ4n) is 6.31. The van der Waals surface area contributed by atoms with Crippen LogP contribution in [0, 0.1) is 18.7 Å². The number of nitrogens with one attached hydrogen (secondary N) is 1. The van der Waals surface area contributed by atoms with Gasteiger partial charge < -0.3 is 9.47 Å². The number of carbonyl (C=O) groups excluding carboxylic acids is 1. The number of amides is 1. The summed E-state index contributed by atoms with van der Waals surface area (Å²) in [7, 11) is -1.88. The third-order valence-corrected chi connectivity index (χ3v) is 10.5. The molecule has 224 valence electrons. The zero-order valence-electron chi connectivity index (χ0n) is 24.9. The number of hydrogen-bond donors (Lipinski definition) is 1. The summed E-state index contributed by atoms with van der Waals surface area (Å²) >= 11 is 0. The van der Waals surface area contributed by atoms with E-state index in [1.165, 1.54) is 12.1 Å². The summed E-state index contributed by atoms with van der Waals surface area (Å²) in [5.74, 6) is 0.218. The summed E-state index contributed by atoms with van der Waals surface area (Å²) in [5, 5.41) is 0. The van der Waals surface area contributed by atoms with Crippen LogP contribution in [0.3, 0.4) is 0 Å². The predicted octanol–water partition coefficient (Wildman–Crippen LogP) is 6.30. The molecule has 1 N–H and O–H groups in total. The molecule has 1 heterocycles. The van der Waals surface area contributed by atoms with Gasteiger partial charge in [-0.25, -0.2) is 22.5 Å². The van der Waals surface area contributed by atoms with Crippen molar-refractivity contribution in [1.82, 2.24) is 14.3 Å². The molecule has 4 aromatic rings. The molecule has 0 unspecified atom stereocenters. The number of hydrogen-bond acceptors (Lipinski definition) is 4. The second kappa shape index (κ2) is 11.0. The highest BCUT2D eigenvalue weighted by Gasteiger charge is 2.46. The van der Waals surface area contributed by atoms with Crippen molar-refractivity contribution in [2.45, 2.75) is 68.8 Å². The summed E-state index contributed by atoms with van der Waals surface area (Å²) in [5.41, 5.74) is 4.33. The molecule has 2 aliphatic carbocycles. The van der Waals surface area contributed by atoms with Gasteiger partial charge >= 0.3 is 0 Å². The van der Waals surface area contributed by atoms with Gasteiger partial charge in [0, 0.05) is 37.1 Å². The topological polar surface area (TPSA) is 84.3 Å². The molecular weight excluding hydrogens is 563 g/mol. The Bertz CT molecular complexity index is 1780. The Morgan fingerprint density at radius 2 is 1.88 bits per heavy atom. The molecule has 1 saturated carbocycles. The van der Waals surface area contributed by atoms with Crippen LogP contribution in [0.15, 0.2) is 84.0 Å². The zero-order valence-corrected chi connectivity index (χ0v) is 25.7.